The minimum absolute atomic E-state index is 0.201. The quantitative estimate of drug-likeness (QED) is 0.610. The molecule has 2 aliphatic rings. The number of benzene rings is 1. The molecule has 1 atom stereocenters. The third-order valence-electron chi connectivity index (χ3n) is 5.96. The molecular formula is C22H24N6O2S. The lowest BCUT2D eigenvalue weighted by Gasteiger charge is -2.32. The summed E-state index contributed by atoms with van der Waals surface area (Å²) in [6.07, 6.45) is 12.0. The number of aryl methyl sites for hydroxylation is 1. The first-order chi connectivity index (χ1) is 15.1. The highest BCUT2D eigenvalue weighted by atomic mass is 32.2. The van der Waals surface area contributed by atoms with E-state index in [9.17, 15) is 0 Å². The molecule has 0 spiro atoms. The van der Waals surface area contributed by atoms with Gasteiger partial charge >= 0.3 is 0 Å². The van der Waals surface area contributed by atoms with Gasteiger partial charge in [-0.3, -0.25) is 0 Å². The number of aromatic nitrogens is 4. The van der Waals surface area contributed by atoms with Gasteiger partial charge in [0.1, 0.15) is 6.33 Å². The van der Waals surface area contributed by atoms with Crippen molar-refractivity contribution in [3.05, 3.63) is 24.0 Å². The van der Waals surface area contributed by atoms with Crippen molar-refractivity contribution in [3.63, 3.8) is 0 Å². The number of rotatable bonds is 5. The van der Waals surface area contributed by atoms with E-state index in [1.54, 1.807) is 0 Å². The number of anilines is 1. The van der Waals surface area contributed by atoms with Gasteiger partial charge in [-0.2, -0.15) is 0 Å². The van der Waals surface area contributed by atoms with Crippen LogP contribution in [0.25, 0.3) is 11.2 Å². The first-order valence-corrected chi connectivity index (χ1v) is 11.2. The Kier molecular flexibility index (Phi) is 5.34. The molecule has 0 bridgehead atoms. The SMILES string of the molecule is C#Cc1cc2c(cc1Sc1nc3c(N)ncnc3n1CCC1CCCCN1C)OCO2. The summed E-state index contributed by atoms with van der Waals surface area (Å²) >= 11 is 1.49. The molecule has 5 rings (SSSR count). The van der Waals surface area contributed by atoms with Gasteiger partial charge < -0.3 is 24.7 Å². The monoisotopic (exact) mass is 436 g/mol. The van der Waals surface area contributed by atoms with Crippen molar-refractivity contribution in [1.82, 2.24) is 24.4 Å². The van der Waals surface area contributed by atoms with Crippen LogP contribution in [0.4, 0.5) is 5.82 Å². The van der Waals surface area contributed by atoms with E-state index < -0.39 is 0 Å². The fourth-order valence-corrected chi connectivity index (χ4v) is 5.23. The summed E-state index contributed by atoms with van der Waals surface area (Å²) in [4.78, 5) is 16.7. The standard InChI is InChI=1S/C22H24N6O2S/c1-3-14-10-16-17(30-13-29-16)11-18(14)31-22-26-19-20(23)24-12-25-21(19)28(22)9-7-15-6-4-5-8-27(15)2/h1,10-12,15H,4-9,13H2,2H3,(H2,23,24,25). The summed E-state index contributed by atoms with van der Waals surface area (Å²) in [6.45, 7) is 2.14. The highest BCUT2D eigenvalue weighted by Crippen LogP contribution is 2.41. The Morgan fingerprint density at radius 2 is 2.10 bits per heavy atom. The van der Waals surface area contributed by atoms with Crippen molar-refractivity contribution in [3.8, 4) is 23.8 Å². The van der Waals surface area contributed by atoms with Gasteiger partial charge in [-0.1, -0.05) is 24.1 Å². The number of nitrogen functional groups attached to an aromatic ring is 1. The van der Waals surface area contributed by atoms with Crippen LogP contribution >= 0.6 is 11.8 Å². The summed E-state index contributed by atoms with van der Waals surface area (Å²) in [5.74, 6) is 4.48. The van der Waals surface area contributed by atoms with Crippen LogP contribution in [0.3, 0.4) is 0 Å². The number of fused-ring (bicyclic) bond motifs is 2. The number of likely N-dealkylation sites (tertiary alicyclic amines) is 1. The highest BCUT2D eigenvalue weighted by Gasteiger charge is 2.23. The summed E-state index contributed by atoms with van der Waals surface area (Å²) in [5.41, 5.74) is 8.21. The van der Waals surface area contributed by atoms with E-state index in [-0.39, 0.29) is 6.79 Å². The topological polar surface area (TPSA) is 91.3 Å². The van der Waals surface area contributed by atoms with Crippen LogP contribution in [0, 0.1) is 12.3 Å². The number of piperidine rings is 1. The minimum Gasteiger partial charge on any atom is -0.454 e. The van der Waals surface area contributed by atoms with Gasteiger partial charge in [0.2, 0.25) is 6.79 Å². The predicted molar refractivity (Wildman–Crippen MR) is 119 cm³/mol. The van der Waals surface area contributed by atoms with E-state index in [4.69, 9.17) is 26.6 Å². The van der Waals surface area contributed by atoms with E-state index in [2.05, 4.69) is 32.4 Å². The van der Waals surface area contributed by atoms with Gasteiger partial charge in [-0.25, -0.2) is 15.0 Å². The Morgan fingerprint density at radius 1 is 1.26 bits per heavy atom. The Bertz CT molecular complexity index is 1170. The van der Waals surface area contributed by atoms with Crippen LogP contribution in [0.1, 0.15) is 31.2 Å². The smallest absolute Gasteiger partial charge is 0.231 e. The zero-order chi connectivity index (χ0) is 21.4. The van der Waals surface area contributed by atoms with Crippen LogP contribution in [-0.2, 0) is 6.54 Å². The number of nitrogens with two attached hydrogens (primary N) is 1. The fraction of sp³-hybridized carbons (Fsp3) is 0.409. The van der Waals surface area contributed by atoms with E-state index in [0.29, 0.717) is 28.9 Å². The second-order valence-corrected chi connectivity index (χ2v) is 8.85. The molecule has 160 valence electrons. The molecule has 9 heteroatoms. The lowest BCUT2D eigenvalue weighted by atomic mass is 10.0. The van der Waals surface area contributed by atoms with Gasteiger partial charge in [0.15, 0.2) is 33.6 Å². The van der Waals surface area contributed by atoms with Crippen LogP contribution in [0.15, 0.2) is 28.5 Å². The zero-order valence-corrected chi connectivity index (χ0v) is 18.2. The van der Waals surface area contributed by atoms with Crippen molar-refractivity contribution in [2.24, 2.45) is 0 Å². The third-order valence-corrected chi connectivity index (χ3v) is 7.02. The molecule has 8 nitrogen and oxygen atoms in total. The van der Waals surface area contributed by atoms with Crippen molar-refractivity contribution < 1.29 is 9.47 Å². The van der Waals surface area contributed by atoms with Crippen molar-refractivity contribution >= 4 is 28.7 Å². The lowest BCUT2D eigenvalue weighted by molar-refractivity contribution is 0.170. The average Bonchev–Trinajstić information content (AvgIpc) is 3.37. The fourth-order valence-electron chi connectivity index (χ4n) is 4.22. The molecule has 1 fully saturated rings. The van der Waals surface area contributed by atoms with Gasteiger partial charge in [-0.15, -0.1) is 6.42 Å². The molecule has 3 aromatic rings. The number of nitrogens with zero attached hydrogens (tertiary/aromatic N) is 5. The first kappa shape index (κ1) is 20.0. The Balaban J connectivity index is 1.50. The lowest BCUT2D eigenvalue weighted by Crippen LogP contribution is -2.36. The number of hydrogen-bond donors (Lipinski definition) is 1. The van der Waals surface area contributed by atoms with E-state index >= 15 is 0 Å². The van der Waals surface area contributed by atoms with Gasteiger partial charge in [0.25, 0.3) is 0 Å². The maximum atomic E-state index is 6.11. The molecule has 1 aromatic carbocycles. The largest absolute Gasteiger partial charge is 0.454 e. The summed E-state index contributed by atoms with van der Waals surface area (Å²) in [7, 11) is 2.21. The second kappa shape index (κ2) is 8.29. The molecule has 31 heavy (non-hydrogen) atoms. The van der Waals surface area contributed by atoms with Crippen LogP contribution in [-0.4, -0.2) is 50.8 Å². The van der Waals surface area contributed by atoms with Crippen molar-refractivity contribution in [2.45, 2.75) is 48.3 Å². The molecule has 1 unspecified atom stereocenters. The minimum atomic E-state index is 0.201. The maximum absolute atomic E-state index is 6.11. The van der Waals surface area contributed by atoms with E-state index in [0.717, 1.165) is 40.8 Å². The third kappa shape index (κ3) is 3.77. The predicted octanol–water partition coefficient (Wildman–Crippen LogP) is 3.14. The van der Waals surface area contributed by atoms with E-state index in [1.807, 2.05) is 12.1 Å². The van der Waals surface area contributed by atoms with E-state index in [1.165, 1.54) is 37.4 Å². The van der Waals surface area contributed by atoms with Gasteiger partial charge in [0.05, 0.1) is 0 Å². The molecular weight excluding hydrogens is 412 g/mol. The average molecular weight is 437 g/mol. The van der Waals surface area contributed by atoms with Crippen LogP contribution < -0.4 is 15.2 Å². The summed E-state index contributed by atoms with van der Waals surface area (Å²) in [5, 5.41) is 0.788. The molecule has 2 N–H and O–H groups in total. The van der Waals surface area contributed by atoms with Gasteiger partial charge in [0, 0.05) is 29.1 Å². The highest BCUT2D eigenvalue weighted by molar-refractivity contribution is 7.99. The Morgan fingerprint density at radius 3 is 2.90 bits per heavy atom. The number of terminal acetylenes is 1. The van der Waals surface area contributed by atoms with Crippen LogP contribution in [0.2, 0.25) is 0 Å². The molecule has 2 aromatic heterocycles. The summed E-state index contributed by atoms with van der Waals surface area (Å²) in [6, 6.07) is 4.30. The number of ether oxygens (including phenoxy) is 2. The first-order valence-electron chi connectivity index (χ1n) is 10.4. The number of imidazole rings is 1. The molecule has 0 amide bonds. The molecule has 0 saturated carbocycles. The molecule has 1 saturated heterocycles. The van der Waals surface area contributed by atoms with Gasteiger partial charge in [-0.05, 0) is 38.9 Å². The maximum Gasteiger partial charge on any atom is 0.231 e. The van der Waals surface area contributed by atoms with Crippen molar-refractivity contribution in [2.75, 3.05) is 26.1 Å². The molecule has 0 aliphatic carbocycles. The zero-order valence-electron chi connectivity index (χ0n) is 17.4. The normalized spacial score (nSPS) is 18.4. The summed E-state index contributed by atoms with van der Waals surface area (Å²) < 4.78 is 13.1. The van der Waals surface area contributed by atoms with Crippen LogP contribution in [0.5, 0.6) is 11.5 Å². The number of hydrogen-bond acceptors (Lipinski definition) is 8. The van der Waals surface area contributed by atoms with Crippen molar-refractivity contribution in [1.29, 1.82) is 0 Å². The Labute approximate surface area is 185 Å². The molecule has 2 aliphatic heterocycles. The molecule has 4 heterocycles. The second-order valence-electron chi connectivity index (χ2n) is 7.84. The molecule has 0 radical (unpaired) electrons. The Hall–Kier alpha value is -2.96.